The molecule has 9 aliphatic rings. The molecule has 0 spiro atoms. The molecule has 24 rings (SSSR count). The highest BCUT2D eigenvalue weighted by Crippen LogP contribution is 2.59. The Balaban J connectivity index is 0.000000124. The van der Waals surface area contributed by atoms with E-state index >= 15 is 0 Å². The first-order valence-corrected chi connectivity index (χ1v) is 54.1. The van der Waals surface area contributed by atoms with Gasteiger partial charge >= 0.3 is 33.7 Å². The summed E-state index contributed by atoms with van der Waals surface area (Å²) in [6, 6.07) is 143. The molecule has 0 saturated carbocycles. The van der Waals surface area contributed by atoms with E-state index in [2.05, 4.69) is 290 Å². The minimum atomic E-state index is -6.15. The molecule has 0 heterocycles. The Labute approximate surface area is 835 Å². The van der Waals surface area contributed by atoms with Crippen molar-refractivity contribution in [1.82, 2.24) is 0 Å². The van der Waals surface area contributed by atoms with Gasteiger partial charge in [0.1, 0.15) is 0 Å². The fourth-order valence-corrected chi connectivity index (χ4v) is 26.9. The van der Waals surface area contributed by atoms with Crippen LogP contribution < -0.4 is 0 Å². The number of ether oxygens (including phenoxy) is 3. The standard InChI is InChI=1S/C21H19F3O5S.C21H20F2O5S.C19H16F2O5S.3C18H15S/c22-18(21(23,24)30(26,27)28)9-10-29-20(25)17-11-16-12-5-1-3-7-14(12)19(17)15-8-4-2-6-13(15)16;22-21(23,29(25,26)27)10-5-11-28-20(24)18-12-17-13-6-1-3-8-15(13)19(18)16-9-4-2-7-14(16)17;20-19(21,27(23,24)25)10-26-18(22)16-9-15-11-5-1-3-7-13(11)17(16)14-8-4-2-6-12(14)15;3*1-4-10-16(11-5-1)19(17-12-6-2-7-13-17)18-14-8-3-9-15-18/h1-8,16-19H,9-11H2,(H,26,27,28);1-4,6-9,17-19H,5,10-12H2,(H,25,26,27);1-8,15-17H,9-10H2,(H,23,24,25);3*1-15H/q;;;3*+1/p-3. The number of carbonyl (C=O) groups is 3. The van der Waals surface area contributed by atoms with Gasteiger partial charge < -0.3 is 27.9 Å². The normalized spacial score (nSPS) is 18.1. The quantitative estimate of drug-likeness (QED) is 0.0129. The number of fused-ring (bicyclic) bond motifs is 3. The van der Waals surface area contributed by atoms with Gasteiger partial charge in [-0.25, -0.2) is 29.6 Å². The molecule has 0 radical (unpaired) electrons. The molecule has 15 aromatic rings. The van der Waals surface area contributed by atoms with Crippen molar-refractivity contribution in [3.63, 3.8) is 0 Å². The van der Waals surface area contributed by atoms with E-state index in [0.29, 0.717) is 19.3 Å². The van der Waals surface area contributed by atoms with Gasteiger partial charge in [-0.3, -0.25) is 14.4 Å². The smallest absolute Gasteiger partial charge is 0.367 e. The minimum absolute atomic E-state index is 0.0104. The van der Waals surface area contributed by atoms with Gasteiger partial charge in [0.25, 0.3) is 0 Å². The van der Waals surface area contributed by atoms with Crippen LogP contribution in [-0.4, -0.2) is 98.6 Å². The molecule has 15 nitrogen and oxygen atoms in total. The highest BCUT2D eigenvalue weighted by atomic mass is 32.2. The number of carbonyl (C=O) groups excluding carboxylic acids is 3. The van der Waals surface area contributed by atoms with Gasteiger partial charge in [-0.2, -0.15) is 26.3 Å². The topological polar surface area (TPSA) is 250 Å². The number of esters is 3. The predicted octanol–water partition coefficient (Wildman–Crippen LogP) is 24.7. The van der Waals surface area contributed by atoms with Crippen molar-refractivity contribution in [2.24, 2.45) is 17.8 Å². The molecule has 0 saturated heterocycles. The third-order valence-corrected chi connectivity index (χ3v) is 35.3. The summed E-state index contributed by atoms with van der Waals surface area (Å²) in [7, 11) is -17.8. The van der Waals surface area contributed by atoms with E-state index in [0.717, 1.165) is 55.6 Å². The highest BCUT2D eigenvalue weighted by Gasteiger charge is 2.53. The van der Waals surface area contributed by atoms with Crippen LogP contribution in [0, 0.1) is 17.8 Å². The Morgan fingerprint density at radius 3 is 0.664 bits per heavy atom. The van der Waals surface area contributed by atoms with Crippen LogP contribution in [0.2, 0.25) is 0 Å². The largest absolute Gasteiger partial charge is 0.743 e. The lowest BCUT2D eigenvalue weighted by Crippen LogP contribution is -2.40. The number of rotatable bonds is 25. The summed E-state index contributed by atoms with van der Waals surface area (Å²) in [6.45, 7) is -2.88. The van der Waals surface area contributed by atoms with Crippen LogP contribution >= 0.6 is 0 Å². The van der Waals surface area contributed by atoms with Gasteiger partial charge in [-0.1, -0.05) is 309 Å². The molecule has 0 aromatic heterocycles. The molecule has 28 heteroatoms. The molecular weight excluding hydrogens is 1950 g/mol. The van der Waals surface area contributed by atoms with Crippen LogP contribution in [0.1, 0.15) is 141 Å². The van der Waals surface area contributed by atoms with Gasteiger partial charge in [0, 0.05) is 48.3 Å². The Morgan fingerprint density at radius 2 is 0.462 bits per heavy atom. The van der Waals surface area contributed by atoms with Crippen LogP contribution in [0.4, 0.5) is 30.7 Å². The van der Waals surface area contributed by atoms with Crippen molar-refractivity contribution >= 4 is 80.9 Å². The third kappa shape index (κ3) is 23.4. The average Bonchev–Trinajstić information content (AvgIpc) is 0.725. The van der Waals surface area contributed by atoms with Crippen molar-refractivity contribution in [2.45, 2.75) is 140 Å². The minimum Gasteiger partial charge on any atom is -0.743 e. The van der Waals surface area contributed by atoms with Crippen molar-refractivity contribution < 1.29 is 98.2 Å². The van der Waals surface area contributed by atoms with Crippen molar-refractivity contribution in [3.05, 3.63) is 485 Å². The van der Waals surface area contributed by atoms with E-state index in [9.17, 15) is 84.0 Å². The lowest BCUT2D eigenvalue weighted by atomic mass is 9.59. The maximum Gasteiger partial charge on any atom is 0.367 e. The molecule has 4 atom stereocenters. The number of benzene rings is 15. The molecule has 4 unspecified atom stereocenters. The predicted molar refractivity (Wildman–Crippen MR) is 534 cm³/mol. The summed E-state index contributed by atoms with van der Waals surface area (Å²) >= 11 is 0. The van der Waals surface area contributed by atoms with E-state index in [-0.39, 0.29) is 74.8 Å². The first-order valence-electron chi connectivity index (χ1n) is 46.2. The number of hydrogen-bond acceptors (Lipinski definition) is 15. The first kappa shape index (κ1) is 103. The Bertz CT molecular complexity index is 6530. The maximum atomic E-state index is 13.6. The molecule has 0 N–H and O–H groups in total. The van der Waals surface area contributed by atoms with Crippen LogP contribution in [-0.2, 0) is 91.6 Å². The monoisotopic (exact) mass is 2040 g/mol. The second-order valence-corrected chi connectivity index (χ2v) is 45.2. The molecule has 143 heavy (non-hydrogen) atoms. The summed E-state index contributed by atoms with van der Waals surface area (Å²) in [4.78, 5) is 50.2. The Hall–Kier alpha value is -13.0. The van der Waals surface area contributed by atoms with E-state index in [1.54, 1.807) is 0 Å². The summed E-state index contributed by atoms with van der Waals surface area (Å²) in [6.07, 6.45) is -4.49. The molecule has 0 fully saturated rings. The number of hydrogen-bond donors (Lipinski definition) is 0. The molecular formula is C115H97F7O15S6. The van der Waals surface area contributed by atoms with Crippen LogP contribution in [0.15, 0.2) is 463 Å². The van der Waals surface area contributed by atoms with E-state index in [4.69, 9.17) is 9.47 Å². The average molecular weight is 2040 g/mol. The fraction of sp³-hybridized carbons (Fsp3) is 0.191. The van der Waals surface area contributed by atoms with Gasteiger partial charge in [-0.05, 0) is 202 Å². The summed E-state index contributed by atoms with van der Waals surface area (Å²) < 4.78 is 203. The first-order chi connectivity index (χ1) is 68.9. The van der Waals surface area contributed by atoms with Crippen molar-refractivity contribution in [3.8, 4) is 0 Å². The Morgan fingerprint density at radius 1 is 0.273 bits per heavy atom. The summed E-state index contributed by atoms with van der Waals surface area (Å²) in [5, 5.41) is -14.1. The second kappa shape index (κ2) is 45.7. The van der Waals surface area contributed by atoms with Crippen LogP contribution in [0.3, 0.4) is 0 Å². The summed E-state index contributed by atoms with van der Waals surface area (Å²) in [5.41, 5.74) is 12.9. The molecule has 15 aromatic carbocycles. The zero-order chi connectivity index (χ0) is 101. The third-order valence-electron chi connectivity index (χ3n) is 25.9. The lowest BCUT2D eigenvalue weighted by Gasteiger charge is -2.44. The molecule has 0 aliphatic heterocycles. The van der Waals surface area contributed by atoms with Gasteiger partial charge in [-0.15, -0.1) is 0 Å². The molecule has 0 amide bonds. The zero-order valence-corrected chi connectivity index (χ0v) is 81.6. The van der Waals surface area contributed by atoms with E-state index < -0.39 is 120 Å². The van der Waals surface area contributed by atoms with E-state index in [1.807, 2.05) is 133 Å². The van der Waals surface area contributed by atoms with E-state index in [1.165, 1.54) is 55.2 Å². The Kier molecular flexibility index (Phi) is 32.9. The maximum absolute atomic E-state index is 13.6. The highest BCUT2D eigenvalue weighted by molar-refractivity contribution is 7.97. The van der Waals surface area contributed by atoms with Crippen LogP contribution in [0.25, 0.3) is 0 Å². The van der Waals surface area contributed by atoms with Crippen LogP contribution in [0.5, 0.6) is 0 Å². The van der Waals surface area contributed by atoms with Gasteiger partial charge in [0.05, 0.1) is 63.7 Å². The summed E-state index contributed by atoms with van der Waals surface area (Å²) in [5.74, 6) is -4.58. The second-order valence-electron chi connectivity index (χ2n) is 34.6. The van der Waals surface area contributed by atoms with Crippen molar-refractivity contribution in [2.75, 3.05) is 19.8 Å². The van der Waals surface area contributed by atoms with Gasteiger partial charge in [0.15, 0.2) is 87.2 Å². The fourth-order valence-electron chi connectivity index (χ4n) is 19.5. The lowest BCUT2D eigenvalue weighted by molar-refractivity contribution is -0.156. The zero-order valence-electron chi connectivity index (χ0n) is 76.7. The molecule has 9 aliphatic carbocycles. The number of alkyl halides is 7. The molecule has 732 valence electrons. The SMILES string of the molecule is O=C(OCC(F)(F)S(=O)(=O)[O-])C1CC2c3ccccc3C1c1ccccc12.O=C(OCCC(F)C(F)(F)S(=O)(=O)[O-])C1CC2c3ccccc3C1c1ccccc12.O=C(OCCCC(F)(F)S(=O)(=O)[O-])C1CC2c3ccccc3C1c1ccccc12.c1ccc([S+](c2ccccc2)c2ccccc2)cc1.c1ccc([S+](c2ccccc2)c2ccccc2)cc1.c1ccc([S+](c2ccccc2)c2ccccc2)cc1. The number of halogens is 7. The molecule has 6 bridgehead atoms. The van der Waals surface area contributed by atoms with Crippen molar-refractivity contribution in [1.29, 1.82) is 0 Å². The van der Waals surface area contributed by atoms with Gasteiger partial charge in [0.2, 0.25) is 0 Å².